The van der Waals surface area contributed by atoms with E-state index < -0.39 is 0 Å². The lowest BCUT2D eigenvalue weighted by molar-refractivity contribution is 0.394. The van der Waals surface area contributed by atoms with Crippen molar-refractivity contribution in [3.8, 4) is 0 Å². The molecule has 0 saturated carbocycles. The third-order valence-corrected chi connectivity index (χ3v) is 5.18. The van der Waals surface area contributed by atoms with Crippen LogP contribution in [0.15, 0.2) is 41.4 Å². The number of fused-ring (bicyclic) bond motifs is 1. The first kappa shape index (κ1) is 17.0. The Hall–Kier alpha value is -1.87. The van der Waals surface area contributed by atoms with Crippen molar-refractivity contribution in [1.29, 1.82) is 0 Å². The monoisotopic (exact) mass is 344 g/mol. The first-order chi connectivity index (χ1) is 11.3. The van der Waals surface area contributed by atoms with Gasteiger partial charge in [-0.3, -0.25) is 4.99 Å². The van der Waals surface area contributed by atoms with Crippen molar-refractivity contribution in [2.45, 2.75) is 38.6 Å². The summed E-state index contributed by atoms with van der Waals surface area (Å²) in [7, 11) is 2.03. The van der Waals surface area contributed by atoms with Gasteiger partial charge in [0.15, 0.2) is 0 Å². The Balaban J connectivity index is 1.97. The molecule has 0 amide bonds. The summed E-state index contributed by atoms with van der Waals surface area (Å²) in [6.07, 6.45) is 2.63. The van der Waals surface area contributed by atoms with E-state index in [1.54, 1.807) is 24.4 Å². The van der Waals surface area contributed by atoms with Crippen LogP contribution in [0.25, 0.3) is 0 Å². The Morgan fingerprint density at radius 3 is 2.58 bits per heavy atom. The molecule has 2 aromatic carbocycles. The van der Waals surface area contributed by atoms with Crippen LogP contribution in [-0.4, -0.2) is 18.8 Å². The van der Waals surface area contributed by atoms with Gasteiger partial charge in [-0.15, -0.1) is 0 Å². The molecule has 3 rings (SSSR count). The summed E-state index contributed by atoms with van der Waals surface area (Å²) >= 11 is 5.87. The zero-order valence-electron chi connectivity index (χ0n) is 14.5. The second-order valence-electron chi connectivity index (χ2n) is 7.14. The molecular weight excluding hydrogens is 323 g/mol. The predicted molar refractivity (Wildman–Crippen MR) is 101 cm³/mol. The molecule has 0 spiro atoms. The summed E-state index contributed by atoms with van der Waals surface area (Å²) in [5, 5.41) is 0.661. The van der Waals surface area contributed by atoms with E-state index in [1.165, 1.54) is 5.56 Å². The van der Waals surface area contributed by atoms with Crippen LogP contribution in [0.5, 0.6) is 0 Å². The zero-order valence-corrected chi connectivity index (χ0v) is 15.2. The molecule has 0 aromatic heterocycles. The van der Waals surface area contributed by atoms with Gasteiger partial charge in [0.1, 0.15) is 5.82 Å². The first-order valence-electron chi connectivity index (χ1n) is 8.15. The molecule has 2 nitrogen and oxygen atoms in total. The minimum atomic E-state index is -0.247. The van der Waals surface area contributed by atoms with E-state index in [0.29, 0.717) is 16.5 Å². The molecule has 0 radical (unpaired) electrons. The lowest BCUT2D eigenvalue weighted by Crippen LogP contribution is -2.45. The van der Waals surface area contributed by atoms with Gasteiger partial charge < -0.3 is 4.90 Å². The maximum absolute atomic E-state index is 14.6. The molecule has 1 atom stereocenters. The van der Waals surface area contributed by atoms with Crippen molar-refractivity contribution in [2.75, 3.05) is 11.9 Å². The Kier molecular flexibility index (Phi) is 4.39. The van der Waals surface area contributed by atoms with Crippen LogP contribution >= 0.6 is 11.6 Å². The SMILES string of the molecule is CC1CC(C)(C)N(C)c2cc(F)c(C=Nc3ccc(Cl)cc3)cc21. The van der Waals surface area contributed by atoms with Crippen LogP contribution < -0.4 is 4.90 Å². The average molecular weight is 345 g/mol. The standard InChI is InChI=1S/C20H22ClFN2/c1-13-11-20(2,3)24(4)19-10-18(22)14(9-17(13)19)12-23-16-7-5-15(21)6-8-16/h5-10,12-13H,11H2,1-4H3. The smallest absolute Gasteiger partial charge is 0.134 e. The minimum Gasteiger partial charge on any atom is -0.369 e. The van der Waals surface area contributed by atoms with Crippen molar-refractivity contribution in [3.63, 3.8) is 0 Å². The van der Waals surface area contributed by atoms with E-state index in [2.05, 4.69) is 30.7 Å². The number of hydrogen-bond acceptors (Lipinski definition) is 2. The summed E-state index contributed by atoms with van der Waals surface area (Å²) in [6, 6.07) is 10.7. The fraction of sp³-hybridized carbons (Fsp3) is 0.350. The average Bonchev–Trinajstić information content (AvgIpc) is 2.52. The van der Waals surface area contributed by atoms with E-state index in [0.717, 1.165) is 17.8 Å². The summed E-state index contributed by atoms with van der Waals surface area (Å²) in [6.45, 7) is 6.59. The molecule has 0 bridgehead atoms. The molecule has 4 heteroatoms. The largest absolute Gasteiger partial charge is 0.369 e. The molecule has 0 N–H and O–H groups in total. The lowest BCUT2D eigenvalue weighted by atomic mass is 9.80. The summed E-state index contributed by atoms with van der Waals surface area (Å²) in [4.78, 5) is 6.53. The third-order valence-electron chi connectivity index (χ3n) is 4.93. The van der Waals surface area contributed by atoms with Gasteiger partial charge in [0.25, 0.3) is 0 Å². The second-order valence-corrected chi connectivity index (χ2v) is 7.58. The molecule has 24 heavy (non-hydrogen) atoms. The second kappa shape index (κ2) is 6.21. The highest BCUT2D eigenvalue weighted by molar-refractivity contribution is 6.30. The number of rotatable bonds is 2. The van der Waals surface area contributed by atoms with Gasteiger partial charge in [-0.2, -0.15) is 0 Å². The highest BCUT2D eigenvalue weighted by Gasteiger charge is 2.34. The predicted octanol–water partition coefficient (Wildman–Crippen LogP) is 5.95. The van der Waals surface area contributed by atoms with Gasteiger partial charge in [-0.1, -0.05) is 18.5 Å². The topological polar surface area (TPSA) is 15.6 Å². The Bertz CT molecular complexity index is 781. The molecule has 1 aliphatic heterocycles. The highest BCUT2D eigenvalue weighted by atomic mass is 35.5. The normalized spacial score (nSPS) is 19.6. The van der Waals surface area contributed by atoms with Crippen LogP contribution in [0.3, 0.4) is 0 Å². The number of anilines is 1. The molecule has 1 heterocycles. The van der Waals surface area contributed by atoms with Gasteiger partial charge in [-0.05, 0) is 68.1 Å². The fourth-order valence-electron chi connectivity index (χ4n) is 3.37. The van der Waals surface area contributed by atoms with E-state index in [4.69, 9.17) is 11.6 Å². The van der Waals surface area contributed by atoms with Crippen molar-refractivity contribution < 1.29 is 4.39 Å². The van der Waals surface area contributed by atoms with Crippen LogP contribution in [-0.2, 0) is 0 Å². The van der Waals surface area contributed by atoms with Crippen molar-refractivity contribution in [1.82, 2.24) is 0 Å². The van der Waals surface area contributed by atoms with Crippen molar-refractivity contribution in [3.05, 3.63) is 58.4 Å². The quantitative estimate of drug-likeness (QED) is 0.614. The fourth-order valence-corrected chi connectivity index (χ4v) is 3.50. The van der Waals surface area contributed by atoms with Crippen molar-refractivity contribution >= 4 is 29.2 Å². The molecule has 0 saturated heterocycles. The molecule has 0 aliphatic carbocycles. The van der Waals surface area contributed by atoms with Gasteiger partial charge in [0.05, 0.1) is 5.69 Å². The first-order valence-corrected chi connectivity index (χ1v) is 8.52. The molecule has 126 valence electrons. The third kappa shape index (κ3) is 3.18. The maximum Gasteiger partial charge on any atom is 0.134 e. The van der Waals surface area contributed by atoms with Crippen LogP contribution in [0.2, 0.25) is 5.02 Å². The molecule has 0 fully saturated rings. The molecule has 2 aromatic rings. The number of aliphatic imine (C=N–C) groups is 1. The number of benzene rings is 2. The van der Waals surface area contributed by atoms with E-state index in [-0.39, 0.29) is 11.4 Å². The van der Waals surface area contributed by atoms with Gasteiger partial charge in [0, 0.05) is 35.1 Å². The van der Waals surface area contributed by atoms with Crippen LogP contribution in [0, 0.1) is 5.82 Å². The van der Waals surface area contributed by atoms with Gasteiger partial charge in [0.2, 0.25) is 0 Å². The van der Waals surface area contributed by atoms with Gasteiger partial charge >= 0.3 is 0 Å². The number of hydrogen-bond donors (Lipinski definition) is 0. The summed E-state index contributed by atoms with van der Waals surface area (Å²) in [5.41, 5.74) is 3.44. The van der Waals surface area contributed by atoms with Crippen LogP contribution in [0.4, 0.5) is 15.8 Å². The Morgan fingerprint density at radius 1 is 1.25 bits per heavy atom. The number of halogens is 2. The van der Waals surface area contributed by atoms with E-state index in [9.17, 15) is 4.39 Å². The summed E-state index contributed by atoms with van der Waals surface area (Å²) < 4.78 is 14.6. The lowest BCUT2D eigenvalue weighted by Gasteiger charge is -2.45. The molecular formula is C20H22ClFN2. The van der Waals surface area contributed by atoms with Crippen molar-refractivity contribution in [2.24, 2.45) is 4.99 Å². The minimum absolute atomic E-state index is 0.0256. The van der Waals surface area contributed by atoms with Gasteiger partial charge in [-0.25, -0.2) is 4.39 Å². The molecule has 1 aliphatic rings. The zero-order chi connectivity index (χ0) is 17.5. The Labute approximate surface area is 148 Å². The molecule has 1 unspecified atom stereocenters. The highest BCUT2D eigenvalue weighted by Crippen LogP contribution is 2.43. The number of nitrogens with zero attached hydrogens (tertiary/aromatic N) is 2. The van der Waals surface area contributed by atoms with E-state index in [1.807, 2.05) is 25.2 Å². The van der Waals surface area contributed by atoms with Crippen LogP contribution in [0.1, 0.15) is 44.2 Å². The van der Waals surface area contributed by atoms with E-state index >= 15 is 0 Å². The Morgan fingerprint density at radius 2 is 1.92 bits per heavy atom. The summed E-state index contributed by atoms with van der Waals surface area (Å²) in [5.74, 6) is 0.137. The maximum atomic E-state index is 14.6.